The van der Waals surface area contributed by atoms with Crippen molar-refractivity contribution in [1.82, 2.24) is 15.0 Å². The first kappa shape index (κ1) is 17.9. The third-order valence-electron chi connectivity index (χ3n) is 3.74. The van der Waals surface area contributed by atoms with Crippen LogP contribution in [0.5, 0.6) is 0 Å². The van der Waals surface area contributed by atoms with Crippen LogP contribution in [0, 0.1) is 0 Å². The van der Waals surface area contributed by atoms with E-state index < -0.39 is 0 Å². The average Bonchev–Trinajstić information content (AvgIpc) is 2.95. The van der Waals surface area contributed by atoms with E-state index in [1.54, 1.807) is 12.4 Å². The summed E-state index contributed by atoms with van der Waals surface area (Å²) in [6.07, 6.45) is 3.40. The Bertz CT molecular complexity index is 880. The van der Waals surface area contributed by atoms with E-state index in [2.05, 4.69) is 34.1 Å². The number of nitrogen functional groups attached to an aromatic ring is 1. The second-order valence-corrected chi connectivity index (χ2v) is 7.62. The molecule has 3 heterocycles. The zero-order valence-corrected chi connectivity index (χ0v) is 15.5. The van der Waals surface area contributed by atoms with Crippen LogP contribution >= 0.6 is 23.4 Å². The molecule has 0 fully saturated rings. The van der Waals surface area contributed by atoms with Crippen LogP contribution in [0.2, 0.25) is 0 Å². The molecule has 5 N–H and O–H groups in total. The number of hydrogen-bond acceptors (Lipinski definition) is 9. The fourth-order valence-electron chi connectivity index (χ4n) is 2.52. The summed E-state index contributed by atoms with van der Waals surface area (Å²) in [5.74, 6) is 0.714. The summed E-state index contributed by atoms with van der Waals surface area (Å²) in [5, 5.41) is 12.6. The van der Waals surface area contributed by atoms with Gasteiger partial charge in [-0.2, -0.15) is 0 Å². The number of aromatic nitrogens is 3. The summed E-state index contributed by atoms with van der Waals surface area (Å²) in [6, 6.07) is 2.00. The van der Waals surface area contributed by atoms with Crippen molar-refractivity contribution in [2.24, 2.45) is 0 Å². The monoisotopic (exact) mass is 377 g/mol. The molecule has 0 amide bonds. The molecule has 3 aromatic heterocycles. The van der Waals surface area contributed by atoms with Gasteiger partial charge in [-0.3, -0.25) is 0 Å². The van der Waals surface area contributed by atoms with Gasteiger partial charge in [0.2, 0.25) is 5.95 Å². The molecule has 0 saturated heterocycles. The number of nitrogens with zero attached hydrogens (tertiary/aromatic N) is 3. The van der Waals surface area contributed by atoms with Crippen LogP contribution in [0.3, 0.4) is 0 Å². The van der Waals surface area contributed by atoms with Crippen LogP contribution < -0.4 is 11.1 Å². The van der Waals surface area contributed by atoms with Gasteiger partial charge >= 0.3 is 0 Å². The highest BCUT2D eigenvalue weighted by Crippen LogP contribution is 2.42. The first-order chi connectivity index (χ1) is 12.0. The molecular weight excluding hydrogens is 358 g/mol. The maximum Gasteiger partial charge on any atom is 0.222 e. The maximum atomic E-state index is 9.41. The van der Waals surface area contributed by atoms with Gasteiger partial charge < -0.3 is 20.7 Å². The smallest absolute Gasteiger partial charge is 0.222 e. The Morgan fingerprint density at radius 3 is 2.64 bits per heavy atom. The van der Waals surface area contributed by atoms with Crippen molar-refractivity contribution in [3.8, 4) is 11.3 Å². The van der Waals surface area contributed by atoms with Gasteiger partial charge in [-0.1, -0.05) is 13.8 Å². The molecule has 0 aliphatic carbocycles. The van der Waals surface area contributed by atoms with Crippen LogP contribution in [0.15, 0.2) is 22.7 Å². The Hall–Kier alpha value is -1.94. The van der Waals surface area contributed by atoms with Gasteiger partial charge in [0.05, 0.1) is 18.0 Å². The topological polar surface area (TPSA) is 117 Å². The number of pyridine rings is 1. The second kappa shape index (κ2) is 7.52. The highest BCUT2D eigenvalue weighted by Gasteiger charge is 2.18. The molecule has 9 heteroatoms. The van der Waals surface area contributed by atoms with Crippen LogP contribution in [0.4, 0.5) is 11.6 Å². The summed E-state index contributed by atoms with van der Waals surface area (Å²) in [7, 11) is 0. The lowest BCUT2D eigenvalue weighted by Crippen LogP contribution is -2.08. The number of nitrogens with two attached hydrogens (primary N) is 1. The van der Waals surface area contributed by atoms with Gasteiger partial charge in [-0.15, -0.1) is 11.3 Å². The highest BCUT2D eigenvalue weighted by molar-refractivity contribution is 7.96. The van der Waals surface area contributed by atoms with E-state index in [1.165, 1.54) is 11.3 Å². The number of thiophene rings is 1. The van der Waals surface area contributed by atoms with E-state index >= 15 is 0 Å². The summed E-state index contributed by atoms with van der Waals surface area (Å²) < 4.78 is 10.1. The van der Waals surface area contributed by atoms with Gasteiger partial charge in [-0.05, 0) is 17.5 Å². The molecule has 0 bridgehead atoms. The molecule has 3 rings (SSSR count). The molecule has 0 aliphatic rings. The van der Waals surface area contributed by atoms with E-state index in [0.29, 0.717) is 34.4 Å². The predicted molar refractivity (Wildman–Crippen MR) is 103 cm³/mol. The molecule has 0 radical (unpaired) electrons. The van der Waals surface area contributed by atoms with E-state index in [0.717, 1.165) is 27.0 Å². The molecule has 0 atom stereocenters. The molecule has 0 spiro atoms. The average molecular weight is 377 g/mol. The number of anilines is 2. The molecule has 0 aromatic carbocycles. The number of rotatable bonds is 6. The molecule has 3 aromatic rings. The van der Waals surface area contributed by atoms with E-state index in [1.807, 2.05) is 6.07 Å². The van der Waals surface area contributed by atoms with Crippen molar-refractivity contribution in [3.05, 3.63) is 24.0 Å². The Morgan fingerprint density at radius 2 is 2.04 bits per heavy atom. The standard InChI is InChI=1S/C16H19N5O2S2/c1-8(2)10-5-11(9-6-19-16(20-7-9)18-3-4-22)21-14-12(10)13(17)15(24-14)25-23/h5-8,22-23H,3-4,17H2,1-2H3,(H,18,19,20). The van der Waals surface area contributed by atoms with Crippen LogP contribution in [0.25, 0.3) is 21.5 Å². The third kappa shape index (κ3) is 3.54. The Balaban J connectivity index is 2.07. The molecule has 7 nitrogen and oxygen atoms in total. The number of hydrogen-bond donors (Lipinski definition) is 4. The summed E-state index contributed by atoms with van der Waals surface area (Å²) in [6.45, 7) is 4.61. The van der Waals surface area contributed by atoms with Crippen molar-refractivity contribution in [2.75, 3.05) is 24.2 Å². The fraction of sp³-hybridized carbons (Fsp3) is 0.312. The minimum atomic E-state index is 0.0199. The molecule has 0 aliphatic heterocycles. The van der Waals surface area contributed by atoms with E-state index in [4.69, 9.17) is 10.8 Å². The minimum absolute atomic E-state index is 0.0199. The lowest BCUT2D eigenvalue weighted by Gasteiger charge is -2.11. The SMILES string of the molecule is CC(C)c1cc(-c2cnc(NCCO)nc2)nc2sc(SO)c(N)c12. The highest BCUT2D eigenvalue weighted by atomic mass is 32.2. The first-order valence-electron chi connectivity index (χ1n) is 7.76. The number of aliphatic hydroxyl groups is 1. The predicted octanol–water partition coefficient (Wildman–Crippen LogP) is 3.43. The fourth-order valence-corrected chi connectivity index (χ4v) is 3.97. The third-order valence-corrected chi connectivity index (χ3v) is 5.50. The lowest BCUT2D eigenvalue weighted by molar-refractivity contribution is 0.311. The Morgan fingerprint density at radius 1 is 1.32 bits per heavy atom. The van der Waals surface area contributed by atoms with Gasteiger partial charge in [0.15, 0.2) is 0 Å². The normalized spacial score (nSPS) is 11.4. The summed E-state index contributed by atoms with van der Waals surface area (Å²) >= 11 is 2.03. The molecular formula is C16H19N5O2S2. The van der Waals surface area contributed by atoms with Gasteiger partial charge in [-0.25, -0.2) is 15.0 Å². The molecule has 25 heavy (non-hydrogen) atoms. The van der Waals surface area contributed by atoms with Gasteiger partial charge in [0, 0.05) is 41.9 Å². The molecule has 0 unspecified atom stereocenters. The van der Waals surface area contributed by atoms with Gasteiger partial charge in [0.25, 0.3) is 0 Å². The summed E-state index contributed by atoms with van der Waals surface area (Å²) in [4.78, 5) is 14.0. The Kier molecular flexibility index (Phi) is 5.38. The van der Waals surface area contributed by atoms with Crippen LogP contribution in [-0.4, -0.2) is 37.8 Å². The number of nitrogens with one attached hydrogen (secondary N) is 1. The first-order valence-corrected chi connectivity index (χ1v) is 9.35. The quantitative estimate of drug-likeness (QED) is 0.483. The largest absolute Gasteiger partial charge is 0.397 e. The van der Waals surface area contributed by atoms with Crippen molar-refractivity contribution in [2.45, 2.75) is 24.0 Å². The number of fused-ring (bicyclic) bond motifs is 1. The summed E-state index contributed by atoms with van der Waals surface area (Å²) in [5.41, 5.74) is 9.40. The van der Waals surface area contributed by atoms with Gasteiger partial charge in [0.1, 0.15) is 9.04 Å². The van der Waals surface area contributed by atoms with E-state index in [9.17, 15) is 4.55 Å². The zero-order chi connectivity index (χ0) is 18.0. The number of aliphatic hydroxyl groups excluding tert-OH is 1. The Labute approximate surface area is 153 Å². The van der Waals surface area contributed by atoms with Crippen molar-refractivity contribution >= 4 is 45.2 Å². The van der Waals surface area contributed by atoms with Crippen LogP contribution in [-0.2, 0) is 0 Å². The van der Waals surface area contributed by atoms with E-state index in [-0.39, 0.29) is 12.5 Å². The minimum Gasteiger partial charge on any atom is -0.397 e. The maximum absolute atomic E-state index is 9.41. The van der Waals surface area contributed by atoms with Crippen molar-refractivity contribution in [3.63, 3.8) is 0 Å². The molecule has 0 saturated carbocycles. The molecule has 132 valence electrons. The second-order valence-electron chi connectivity index (χ2n) is 5.77. The van der Waals surface area contributed by atoms with Crippen LogP contribution in [0.1, 0.15) is 25.3 Å². The van der Waals surface area contributed by atoms with Crippen molar-refractivity contribution in [1.29, 1.82) is 0 Å². The van der Waals surface area contributed by atoms with Crippen molar-refractivity contribution < 1.29 is 9.66 Å². The lowest BCUT2D eigenvalue weighted by atomic mass is 9.98. The zero-order valence-electron chi connectivity index (χ0n) is 13.9.